The van der Waals surface area contributed by atoms with Crippen LogP contribution in [-0.4, -0.2) is 17.3 Å². The second-order valence-electron chi connectivity index (χ2n) is 2.83. The van der Waals surface area contributed by atoms with Gasteiger partial charge in [-0.3, -0.25) is 4.79 Å². The molecule has 0 aliphatic rings. The molecule has 0 spiro atoms. The summed E-state index contributed by atoms with van der Waals surface area (Å²) in [6.07, 6.45) is 2.00. The fraction of sp³-hybridized carbons (Fsp3) is 0.300. The van der Waals surface area contributed by atoms with Crippen LogP contribution >= 0.6 is 11.8 Å². The Morgan fingerprint density at radius 1 is 1.38 bits per heavy atom. The Labute approximate surface area is 82.0 Å². The van der Waals surface area contributed by atoms with Gasteiger partial charge in [-0.25, -0.2) is 0 Å². The SMILES string of the molecule is CSc1ccc(C(C)C(=O)O)cc1. The van der Waals surface area contributed by atoms with Gasteiger partial charge in [-0.1, -0.05) is 12.1 Å². The van der Waals surface area contributed by atoms with E-state index in [1.54, 1.807) is 18.7 Å². The summed E-state index contributed by atoms with van der Waals surface area (Å²) in [7, 11) is 0. The van der Waals surface area contributed by atoms with Crippen molar-refractivity contribution in [2.24, 2.45) is 0 Å². The van der Waals surface area contributed by atoms with Crippen LogP contribution in [0.3, 0.4) is 0 Å². The Kier molecular flexibility index (Phi) is 3.37. The van der Waals surface area contributed by atoms with E-state index in [9.17, 15) is 4.79 Å². The van der Waals surface area contributed by atoms with Gasteiger partial charge < -0.3 is 5.11 Å². The molecule has 0 amide bonds. The van der Waals surface area contributed by atoms with Crippen LogP contribution in [0.5, 0.6) is 0 Å². The molecule has 0 radical (unpaired) electrons. The summed E-state index contributed by atoms with van der Waals surface area (Å²) in [4.78, 5) is 11.8. The summed E-state index contributed by atoms with van der Waals surface area (Å²) in [5, 5.41) is 8.76. The Morgan fingerprint density at radius 3 is 2.31 bits per heavy atom. The van der Waals surface area contributed by atoms with Crippen LogP contribution in [0, 0.1) is 0 Å². The third-order valence-corrected chi connectivity index (χ3v) is 2.73. The normalized spacial score (nSPS) is 12.5. The summed E-state index contributed by atoms with van der Waals surface area (Å²) in [5.74, 6) is -1.20. The van der Waals surface area contributed by atoms with Crippen molar-refractivity contribution in [2.75, 3.05) is 6.26 Å². The number of thioether (sulfide) groups is 1. The Balaban J connectivity index is 2.85. The van der Waals surface area contributed by atoms with E-state index in [0.29, 0.717) is 0 Å². The van der Waals surface area contributed by atoms with Crippen molar-refractivity contribution in [3.05, 3.63) is 29.8 Å². The molecule has 2 nitrogen and oxygen atoms in total. The molecule has 1 unspecified atom stereocenters. The highest BCUT2D eigenvalue weighted by atomic mass is 32.2. The van der Waals surface area contributed by atoms with Gasteiger partial charge in [0.25, 0.3) is 0 Å². The molecule has 1 aromatic rings. The molecule has 0 saturated carbocycles. The van der Waals surface area contributed by atoms with Crippen LogP contribution in [0.1, 0.15) is 18.4 Å². The van der Waals surface area contributed by atoms with E-state index in [1.165, 1.54) is 0 Å². The van der Waals surface area contributed by atoms with Gasteiger partial charge in [-0.15, -0.1) is 11.8 Å². The number of hydrogen-bond donors (Lipinski definition) is 1. The lowest BCUT2D eigenvalue weighted by atomic mass is 10.0. The second-order valence-corrected chi connectivity index (χ2v) is 3.71. The summed E-state index contributed by atoms with van der Waals surface area (Å²) >= 11 is 1.65. The number of carboxylic acid groups (broad SMARTS) is 1. The van der Waals surface area contributed by atoms with Crippen molar-refractivity contribution >= 4 is 17.7 Å². The van der Waals surface area contributed by atoms with E-state index < -0.39 is 11.9 Å². The van der Waals surface area contributed by atoms with E-state index in [2.05, 4.69) is 0 Å². The molecular formula is C10H12O2S. The maximum absolute atomic E-state index is 10.6. The molecule has 0 aromatic heterocycles. The average Bonchev–Trinajstić information content (AvgIpc) is 2.17. The predicted octanol–water partition coefficient (Wildman–Crippen LogP) is 2.60. The standard InChI is InChI=1S/C10H12O2S/c1-7(10(11)12)8-3-5-9(13-2)6-4-8/h3-7H,1-2H3,(H,11,12). The third-order valence-electron chi connectivity index (χ3n) is 1.99. The van der Waals surface area contributed by atoms with E-state index >= 15 is 0 Å². The van der Waals surface area contributed by atoms with E-state index in [-0.39, 0.29) is 0 Å². The third kappa shape index (κ3) is 2.49. The number of hydrogen-bond acceptors (Lipinski definition) is 2. The van der Waals surface area contributed by atoms with Gasteiger partial charge in [-0.05, 0) is 30.9 Å². The monoisotopic (exact) mass is 196 g/mol. The summed E-state index contributed by atoms with van der Waals surface area (Å²) < 4.78 is 0. The maximum Gasteiger partial charge on any atom is 0.310 e. The first-order valence-corrected chi connectivity index (χ1v) is 5.24. The largest absolute Gasteiger partial charge is 0.481 e. The zero-order chi connectivity index (χ0) is 9.84. The molecule has 0 saturated heterocycles. The first kappa shape index (κ1) is 10.1. The zero-order valence-corrected chi connectivity index (χ0v) is 8.47. The molecule has 0 bridgehead atoms. The van der Waals surface area contributed by atoms with E-state index in [4.69, 9.17) is 5.11 Å². The molecule has 1 N–H and O–H groups in total. The van der Waals surface area contributed by atoms with Crippen LogP contribution in [0.15, 0.2) is 29.2 Å². The van der Waals surface area contributed by atoms with Crippen LogP contribution in [0.2, 0.25) is 0 Å². The minimum Gasteiger partial charge on any atom is -0.481 e. The zero-order valence-electron chi connectivity index (χ0n) is 7.65. The second kappa shape index (κ2) is 4.33. The van der Waals surface area contributed by atoms with Crippen LogP contribution in [-0.2, 0) is 4.79 Å². The van der Waals surface area contributed by atoms with Gasteiger partial charge in [0.2, 0.25) is 0 Å². The van der Waals surface area contributed by atoms with Gasteiger partial charge in [-0.2, -0.15) is 0 Å². The van der Waals surface area contributed by atoms with Crippen LogP contribution in [0.25, 0.3) is 0 Å². The van der Waals surface area contributed by atoms with Gasteiger partial charge >= 0.3 is 5.97 Å². The Bertz CT molecular complexity index is 292. The Morgan fingerprint density at radius 2 is 1.92 bits per heavy atom. The van der Waals surface area contributed by atoms with Crippen molar-refractivity contribution in [3.8, 4) is 0 Å². The maximum atomic E-state index is 10.6. The lowest BCUT2D eigenvalue weighted by Gasteiger charge is -2.06. The first-order chi connectivity index (χ1) is 6.15. The lowest BCUT2D eigenvalue weighted by Crippen LogP contribution is -2.06. The van der Waals surface area contributed by atoms with Gasteiger partial charge in [0.1, 0.15) is 0 Å². The fourth-order valence-electron chi connectivity index (χ4n) is 1.04. The number of aliphatic carboxylic acids is 1. The van der Waals surface area contributed by atoms with Crippen LogP contribution in [0.4, 0.5) is 0 Å². The molecule has 70 valence electrons. The molecule has 1 aromatic carbocycles. The van der Waals surface area contributed by atoms with Crippen molar-refractivity contribution in [3.63, 3.8) is 0 Å². The molecule has 1 atom stereocenters. The molecule has 0 aliphatic heterocycles. The number of benzene rings is 1. The summed E-state index contributed by atoms with van der Waals surface area (Å²) in [6, 6.07) is 7.62. The molecule has 0 fully saturated rings. The quantitative estimate of drug-likeness (QED) is 0.755. The topological polar surface area (TPSA) is 37.3 Å². The summed E-state index contributed by atoms with van der Waals surface area (Å²) in [5.41, 5.74) is 0.852. The first-order valence-electron chi connectivity index (χ1n) is 4.02. The minimum atomic E-state index is -0.781. The van der Waals surface area contributed by atoms with Gasteiger partial charge in [0.05, 0.1) is 5.92 Å². The predicted molar refractivity (Wildman–Crippen MR) is 54.3 cm³/mol. The van der Waals surface area contributed by atoms with E-state index in [1.807, 2.05) is 30.5 Å². The molecule has 1 rings (SSSR count). The molecule has 3 heteroatoms. The molecule has 13 heavy (non-hydrogen) atoms. The van der Waals surface area contributed by atoms with Crippen molar-refractivity contribution in [1.29, 1.82) is 0 Å². The number of rotatable bonds is 3. The van der Waals surface area contributed by atoms with Crippen molar-refractivity contribution in [2.45, 2.75) is 17.7 Å². The molecule has 0 heterocycles. The van der Waals surface area contributed by atoms with Gasteiger partial charge in [0, 0.05) is 4.90 Å². The molecule has 0 aliphatic carbocycles. The minimum absolute atomic E-state index is 0.420. The number of carboxylic acids is 1. The van der Waals surface area contributed by atoms with Crippen molar-refractivity contribution < 1.29 is 9.90 Å². The highest BCUT2D eigenvalue weighted by Crippen LogP contribution is 2.20. The van der Waals surface area contributed by atoms with Gasteiger partial charge in [0.15, 0.2) is 0 Å². The smallest absolute Gasteiger partial charge is 0.310 e. The summed E-state index contributed by atoms with van der Waals surface area (Å²) in [6.45, 7) is 1.69. The number of carbonyl (C=O) groups is 1. The highest BCUT2D eigenvalue weighted by molar-refractivity contribution is 7.98. The average molecular weight is 196 g/mol. The van der Waals surface area contributed by atoms with Crippen LogP contribution < -0.4 is 0 Å². The fourth-order valence-corrected chi connectivity index (χ4v) is 1.44. The highest BCUT2D eigenvalue weighted by Gasteiger charge is 2.12. The molecular weight excluding hydrogens is 184 g/mol. The van der Waals surface area contributed by atoms with E-state index in [0.717, 1.165) is 10.5 Å². The lowest BCUT2D eigenvalue weighted by molar-refractivity contribution is -0.138. The Hall–Kier alpha value is -0.960. The van der Waals surface area contributed by atoms with Crippen molar-refractivity contribution in [1.82, 2.24) is 0 Å².